The van der Waals surface area contributed by atoms with Crippen LogP contribution in [0.3, 0.4) is 0 Å². The molecule has 3 atom stereocenters. The zero-order valence-electron chi connectivity index (χ0n) is 24.7. The molecule has 7 heteroatoms. The van der Waals surface area contributed by atoms with Gasteiger partial charge in [-0.3, -0.25) is 9.80 Å². The van der Waals surface area contributed by atoms with E-state index in [2.05, 4.69) is 6.07 Å². The number of anilines is 1. The zero-order valence-corrected chi connectivity index (χ0v) is 24.7. The maximum absolute atomic E-state index is 13.6. The van der Waals surface area contributed by atoms with E-state index in [0.717, 1.165) is 54.5 Å². The van der Waals surface area contributed by atoms with Crippen LogP contribution in [0.2, 0.25) is 0 Å². The Hall–Kier alpha value is -3.84. The molecule has 1 heterocycles. The minimum absolute atomic E-state index is 0.0218. The lowest BCUT2D eigenvalue weighted by molar-refractivity contribution is 0.0313. The van der Waals surface area contributed by atoms with Gasteiger partial charge < -0.3 is 14.2 Å². The first-order valence-electron chi connectivity index (χ1n) is 15.4. The van der Waals surface area contributed by atoms with Crippen LogP contribution in [0, 0.1) is 5.92 Å². The topological polar surface area (TPSA) is 68.3 Å². The highest BCUT2D eigenvalue weighted by Crippen LogP contribution is 2.52. The highest BCUT2D eigenvalue weighted by molar-refractivity contribution is 5.91. The number of amides is 2. The van der Waals surface area contributed by atoms with Crippen molar-refractivity contribution in [3.63, 3.8) is 0 Å². The van der Waals surface area contributed by atoms with Crippen LogP contribution in [-0.2, 0) is 27.4 Å². The molecule has 222 valence electrons. The Morgan fingerprint density at radius 3 is 2.10 bits per heavy atom. The number of ether oxygens (including phenoxy) is 3. The summed E-state index contributed by atoms with van der Waals surface area (Å²) in [5.41, 5.74) is 3.87. The van der Waals surface area contributed by atoms with E-state index < -0.39 is 0 Å². The Kier molecular flexibility index (Phi) is 10.1. The smallest absolute Gasteiger partial charge is 0.414 e. The number of hydrogen-bond acceptors (Lipinski definition) is 5. The van der Waals surface area contributed by atoms with Gasteiger partial charge in [0.2, 0.25) is 0 Å². The summed E-state index contributed by atoms with van der Waals surface area (Å²) >= 11 is 0. The summed E-state index contributed by atoms with van der Waals surface area (Å²) in [7, 11) is 0. The van der Waals surface area contributed by atoms with Gasteiger partial charge in [-0.15, -0.1) is 0 Å². The van der Waals surface area contributed by atoms with Crippen LogP contribution in [0.25, 0.3) is 0 Å². The Balaban J connectivity index is 0.00000173. The van der Waals surface area contributed by atoms with Crippen LogP contribution in [0.4, 0.5) is 15.3 Å². The first kappa shape index (κ1) is 29.6. The van der Waals surface area contributed by atoms with Gasteiger partial charge in [0.25, 0.3) is 0 Å². The molecule has 0 N–H and O–H groups in total. The van der Waals surface area contributed by atoms with Gasteiger partial charge in [0, 0.05) is 18.0 Å². The van der Waals surface area contributed by atoms with E-state index in [0.29, 0.717) is 13.2 Å². The van der Waals surface area contributed by atoms with Crippen LogP contribution in [0.1, 0.15) is 68.7 Å². The molecular formula is C35H42N2O5. The molecule has 2 amide bonds. The Bertz CT molecular complexity index is 1300. The molecule has 0 aromatic heterocycles. The number of nitrogens with zero attached hydrogens (tertiary/aromatic N) is 2. The summed E-state index contributed by atoms with van der Waals surface area (Å²) in [6, 6.07) is 27.7. The molecule has 3 aromatic rings. The van der Waals surface area contributed by atoms with Gasteiger partial charge >= 0.3 is 12.2 Å². The van der Waals surface area contributed by atoms with E-state index in [1.807, 2.05) is 103 Å². The second-order valence-electron chi connectivity index (χ2n) is 10.9. The van der Waals surface area contributed by atoms with Crippen molar-refractivity contribution in [2.45, 2.75) is 77.3 Å². The third kappa shape index (κ3) is 6.79. The first-order valence-corrected chi connectivity index (χ1v) is 15.4. The number of fused-ring (bicyclic) bond motifs is 2. The van der Waals surface area contributed by atoms with Crippen molar-refractivity contribution < 1.29 is 23.8 Å². The number of benzene rings is 3. The van der Waals surface area contributed by atoms with Gasteiger partial charge in [0.05, 0.1) is 24.9 Å². The molecule has 0 spiro atoms. The average Bonchev–Trinajstić information content (AvgIpc) is 3.76. The van der Waals surface area contributed by atoms with Crippen molar-refractivity contribution in [3.8, 4) is 0 Å². The predicted molar refractivity (Wildman–Crippen MR) is 163 cm³/mol. The predicted octanol–water partition coefficient (Wildman–Crippen LogP) is 7.90. The largest absolute Gasteiger partial charge is 0.447 e. The average molecular weight is 571 g/mol. The van der Waals surface area contributed by atoms with E-state index in [9.17, 15) is 9.59 Å². The molecule has 42 heavy (non-hydrogen) atoms. The second-order valence-corrected chi connectivity index (χ2v) is 10.9. The van der Waals surface area contributed by atoms with Gasteiger partial charge in [-0.1, -0.05) is 99.1 Å². The van der Waals surface area contributed by atoms with Crippen molar-refractivity contribution in [2.75, 3.05) is 18.1 Å². The van der Waals surface area contributed by atoms with E-state index in [1.165, 1.54) is 0 Å². The second kappa shape index (κ2) is 14.4. The summed E-state index contributed by atoms with van der Waals surface area (Å²) in [4.78, 5) is 30.9. The fourth-order valence-corrected chi connectivity index (χ4v) is 6.27. The molecule has 2 saturated carbocycles. The van der Waals surface area contributed by atoms with Gasteiger partial charge in [-0.2, -0.15) is 0 Å². The quantitative estimate of drug-likeness (QED) is 0.245. The normalized spacial score (nSPS) is 20.4. The Labute approximate surface area is 249 Å². The molecule has 2 fully saturated rings. The molecule has 1 aliphatic heterocycles. The monoisotopic (exact) mass is 570 g/mol. The fraction of sp³-hybridized carbons (Fsp3) is 0.429. The number of hydrogen-bond donors (Lipinski definition) is 0. The van der Waals surface area contributed by atoms with Gasteiger partial charge in [0.1, 0.15) is 13.2 Å². The summed E-state index contributed by atoms with van der Waals surface area (Å²) in [5, 5.41) is 0. The standard InChI is InChI=1S/C33H36N2O5.C2H6/c36-32(39-21-20-38-22-24-10-3-1-4-11-24)34(26-18-19-26)31-27-14-7-8-16-29(27)35(30-17-9-15-28(30)31)33(37)40-23-25-12-5-2-6-13-25;1-2/h1-8,10-14,16,26,28,30-31H,9,15,17-23H2;1-2H3. The van der Waals surface area contributed by atoms with Crippen LogP contribution < -0.4 is 4.90 Å². The highest BCUT2D eigenvalue weighted by atomic mass is 16.6. The van der Waals surface area contributed by atoms with Crippen molar-refractivity contribution >= 4 is 17.9 Å². The third-order valence-corrected chi connectivity index (χ3v) is 8.20. The van der Waals surface area contributed by atoms with Crippen molar-refractivity contribution in [1.82, 2.24) is 4.90 Å². The first-order chi connectivity index (χ1) is 20.7. The molecule has 0 saturated heterocycles. The minimum Gasteiger partial charge on any atom is -0.447 e. The van der Waals surface area contributed by atoms with Crippen LogP contribution >= 0.6 is 0 Å². The lowest BCUT2D eigenvalue weighted by Gasteiger charge is -2.46. The zero-order chi connectivity index (χ0) is 29.3. The van der Waals surface area contributed by atoms with E-state index in [4.69, 9.17) is 14.2 Å². The highest BCUT2D eigenvalue weighted by Gasteiger charge is 2.52. The Morgan fingerprint density at radius 2 is 1.40 bits per heavy atom. The van der Waals surface area contributed by atoms with E-state index in [-0.39, 0.29) is 49.4 Å². The number of para-hydroxylation sites is 1. The van der Waals surface area contributed by atoms with Crippen molar-refractivity contribution in [3.05, 3.63) is 102 Å². The van der Waals surface area contributed by atoms with Crippen molar-refractivity contribution in [1.29, 1.82) is 0 Å². The van der Waals surface area contributed by atoms with Gasteiger partial charge in [-0.25, -0.2) is 9.59 Å². The maximum atomic E-state index is 13.6. The van der Waals surface area contributed by atoms with Gasteiger partial charge in [-0.05, 0) is 48.4 Å². The van der Waals surface area contributed by atoms with Crippen LogP contribution in [0.5, 0.6) is 0 Å². The summed E-state index contributed by atoms with van der Waals surface area (Å²) in [5.74, 6) is 0.127. The SMILES string of the molecule is CC.O=C(OCc1ccccc1)N1c2ccccc2C(N(C(=O)OCCOCc2ccccc2)C2CC2)C2CCCC21. The number of rotatable bonds is 9. The number of carbonyl (C=O) groups excluding carboxylic acids is 2. The molecule has 3 unspecified atom stereocenters. The molecule has 0 bridgehead atoms. The lowest BCUT2D eigenvalue weighted by atomic mass is 9.82. The number of carbonyl (C=O) groups is 2. The van der Waals surface area contributed by atoms with E-state index in [1.54, 1.807) is 0 Å². The molecule has 3 aliphatic rings. The Morgan fingerprint density at radius 1 is 0.762 bits per heavy atom. The molecule has 6 rings (SSSR count). The molecule has 3 aromatic carbocycles. The van der Waals surface area contributed by atoms with Crippen LogP contribution in [0.15, 0.2) is 84.9 Å². The summed E-state index contributed by atoms with van der Waals surface area (Å²) in [6.07, 6.45) is 4.15. The molecule has 0 radical (unpaired) electrons. The summed E-state index contributed by atoms with van der Waals surface area (Å²) in [6.45, 7) is 5.26. The van der Waals surface area contributed by atoms with E-state index >= 15 is 0 Å². The van der Waals surface area contributed by atoms with Crippen molar-refractivity contribution in [2.24, 2.45) is 5.92 Å². The third-order valence-electron chi connectivity index (χ3n) is 8.20. The molecule has 2 aliphatic carbocycles. The minimum atomic E-state index is -0.331. The molecular weight excluding hydrogens is 528 g/mol. The van der Waals surface area contributed by atoms with Crippen LogP contribution in [-0.4, -0.2) is 42.4 Å². The molecule has 7 nitrogen and oxygen atoms in total. The maximum Gasteiger partial charge on any atom is 0.414 e. The summed E-state index contributed by atoms with van der Waals surface area (Å²) < 4.78 is 17.3. The lowest BCUT2D eigenvalue weighted by Crippen LogP contribution is -2.53. The van der Waals surface area contributed by atoms with Gasteiger partial charge in [0.15, 0.2) is 0 Å². The fourth-order valence-electron chi connectivity index (χ4n) is 6.27.